The number of rotatable bonds is 3. The summed E-state index contributed by atoms with van der Waals surface area (Å²) in [5, 5.41) is 12.9. The SMILES string of the molecule is Cc1cc(C)n(-c2ccc(N3CCN(c4nccc(C(F)(F)F)n4)CC3)nn2)n1. The Morgan fingerprint density at radius 2 is 1.55 bits per heavy atom. The highest BCUT2D eigenvalue weighted by Crippen LogP contribution is 2.28. The van der Waals surface area contributed by atoms with E-state index in [-0.39, 0.29) is 5.95 Å². The normalized spacial score (nSPS) is 15.1. The third-order valence-electron chi connectivity index (χ3n) is 4.68. The molecule has 1 saturated heterocycles. The number of hydrogen-bond acceptors (Lipinski definition) is 7. The second-order valence-electron chi connectivity index (χ2n) is 6.80. The van der Waals surface area contributed by atoms with Gasteiger partial charge in [-0.15, -0.1) is 10.2 Å². The minimum absolute atomic E-state index is 0.0884. The molecular weight excluding hydrogens is 385 g/mol. The summed E-state index contributed by atoms with van der Waals surface area (Å²) in [7, 11) is 0. The van der Waals surface area contributed by atoms with Gasteiger partial charge in [-0.3, -0.25) is 0 Å². The molecule has 0 radical (unpaired) electrons. The Morgan fingerprint density at radius 1 is 0.897 bits per heavy atom. The maximum absolute atomic E-state index is 12.9. The molecule has 29 heavy (non-hydrogen) atoms. The highest BCUT2D eigenvalue weighted by Gasteiger charge is 2.33. The lowest BCUT2D eigenvalue weighted by Crippen LogP contribution is -2.47. The average Bonchev–Trinajstić information content (AvgIpc) is 3.06. The molecule has 0 aromatic carbocycles. The fourth-order valence-corrected chi connectivity index (χ4v) is 3.25. The number of alkyl halides is 3. The molecule has 152 valence electrons. The summed E-state index contributed by atoms with van der Waals surface area (Å²) >= 11 is 0. The van der Waals surface area contributed by atoms with Gasteiger partial charge in [0.15, 0.2) is 11.6 Å². The molecule has 11 heteroatoms. The topological polar surface area (TPSA) is 75.9 Å². The van der Waals surface area contributed by atoms with E-state index in [1.807, 2.05) is 36.9 Å². The standard InChI is InChI=1S/C18H19F3N8/c1-12-11-13(2)29(26-12)16-4-3-15(24-25-16)27-7-9-28(10-8-27)17-22-6-5-14(23-17)18(19,20)21/h3-6,11H,7-10H2,1-2H3. The first-order valence-corrected chi connectivity index (χ1v) is 9.09. The summed E-state index contributed by atoms with van der Waals surface area (Å²) in [5.74, 6) is 1.43. The van der Waals surface area contributed by atoms with Crippen molar-refractivity contribution in [2.45, 2.75) is 20.0 Å². The highest BCUT2D eigenvalue weighted by molar-refractivity contribution is 5.43. The molecule has 1 aliphatic heterocycles. The van der Waals surface area contributed by atoms with Gasteiger partial charge in [-0.2, -0.15) is 18.3 Å². The van der Waals surface area contributed by atoms with Crippen molar-refractivity contribution < 1.29 is 13.2 Å². The first kappa shape index (κ1) is 19.1. The van der Waals surface area contributed by atoms with Crippen LogP contribution in [0, 0.1) is 13.8 Å². The molecule has 0 N–H and O–H groups in total. The third-order valence-corrected chi connectivity index (χ3v) is 4.68. The van der Waals surface area contributed by atoms with Gasteiger partial charge in [0.25, 0.3) is 0 Å². The minimum Gasteiger partial charge on any atom is -0.352 e. The fourth-order valence-electron chi connectivity index (χ4n) is 3.25. The summed E-state index contributed by atoms with van der Waals surface area (Å²) in [6, 6.07) is 6.56. The molecule has 0 amide bonds. The molecular formula is C18H19F3N8. The molecule has 4 heterocycles. The summed E-state index contributed by atoms with van der Waals surface area (Å²) < 4.78 is 40.3. The van der Waals surface area contributed by atoms with Crippen LogP contribution in [0.4, 0.5) is 24.9 Å². The lowest BCUT2D eigenvalue weighted by molar-refractivity contribution is -0.141. The number of aryl methyl sites for hydroxylation is 2. The van der Waals surface area contributed by atoms with Crippen LogP contribution >= 0.6 is 0 Å². The molecule has 0 bridgehead atoms. The minimum atomic E-state index is -4.48. The average molecular weight is 404 g/mol. The van der Waals surface area contributed by atoms with E-state index in [9.17, 15) is 13.2 Å². The van der Waals surface area contributed by atoms with Gasteiger partial charge in [0.1, 0.15) is 5.69 Å². The maximum atomic E-state index is 12.9. The van der Waals surface area contributed by atoms with Crippen molar-refractivity contribution in [3.8, 4) is 5.82 Å². The Kier molecular flexibility index (Phi) is 4.81. The Bertz CT molecular complexity index is 991. The van der Waals surface area contributed by atoms with Gasteiger partial charge in [0, 0.05) is 38.1 Å². The van der Waals surface area contributed by atoms with Gasteiger partial charge in [-0.05, 0) is 38.1 Å². The van der Waals surface area contributed by atoms with E-state index in [4.69, 9.17) is 0 Å². The largest absolute Gasteiger partial charge is 0.433 e. The quantitative estimate of drug-likeness (QED) is 0.664. The van der Waals surface area contributed by atoms with E-state index in [0.717, 1.165) is 23.7 Å². The van der Waals surface area contributed by atoms with Gasteiger partial charge in [-0.1, -0.05) is 0 Å². The van der Waals surface area contributed by atoms with Crippen molar-refractivity contribution in [1.82, 2.24) is 29.9 Å². The molecule has 1 aliphatic rings. The van der Waals surface area contributed by atoms with Crippen molar-refractivity contribution in [3.05, 3.63) is 47.5 Å². The highest BCUT2D eigenvalue weighted by atomic mass is 19.4. The van der Waals surface area contributed by atoms with Gasteiger partial charge in [0.05, 0.1) is 5.69 Å². The second kappa shape index (κ2) is 7.30. The number of hydrogen-bond donors (Lipinski definition) is 0. The molecule has 0 spiro atoms. The van der Waals surface area contributed by atoms with Crippen molar-refractivity contribution in [1.29, 1.82) is 0 Å². The van der Waals surface area contributed by atoms with Crippen LogP contribution in [-0.4, -0.2) is 56.1 Å². The predicted octanol–water partition coefficient (Wildman–Crippen LogP) is 2.41. The Balaban J connectivity index is 1.43. The third kappa shape index (κ3) is 3.98. The van der Waals surface area contributed by atoms with E-state index in [2.05, 4.69) is 25.3 Å². The molecule has 3 aromatic heterocycles. The van der Waals surface area contributed by atoms with Crippen LogP contribution in [0.25, 0.3) is 5.82 Å². The van der Waals surface area contributed by atoms with Gasteiger partial charge in [0.2, 0.25) is 5.95 Å². The van der Waals surface area contributed by atoms with Crippen LogP contribution in [0.1, 0.15) is 17.1 Å². The first-order valence-electron chi connectivity index (χ1n) is 9.09. The summed E-state index contributed by atoms with van der Waals surface area (Å²) in [6.45, 7) is 6.00. The molecule has 0 atom stereocenters. The second-order valence-corrected chi connectivity index (χ2v) is 6.80. The molecule has 8 nitrogen and oxygen atoms in total. The number of nitrogens with zero attached hydrogens (tertiary/aromatic N) is 8. The van der Waals surface area contributed by atoms with Gasteiger partial charge in [-0.25, -0.2) is 14.6 Å². The van der Waals surface area contributed by atoms with Crippen molar-refractivity contribution >= 4 is 11.8 Å². The Morgan fingerprint density at radius 3 is 2.14 bits per heavy atom. The Labute approximate surface area is 165 Å². The van der Waals surface area contributed by atoms with Crippen molar-refractivity contribution in [2.24, 2.45) is 0 Å². The number of halogens is 3. The predicted molar refractivity (Wildman–Crippen MR) is 100 cm³/mol. The zero-order chi connectivity index (χ0) is 20.6. The number of piperazine rings is 1. The van der Waals surface area contributed by atoms with E-state index < -0.39 is 11.9 Å². The van der Waals surface area contributed by atoms with Crippen LogP contribution in [0.5, 0.6) is 0 Å². The summed E-state index contributed by atoms with van der Waals surface area (Å²) in [6.07, 6.45) is -3.34. The zero-order valence-electron chi connectivity index (χ0n) is 15.9. The lowest BCUT2D eigenvalue weighted by Gasteiger charge is -2.35. The van der Waals surface area contributed by atoms with Gasteiger partial charge < -0.3 is 9.80 Å². The van der Waals surface area contributed by atoms with Crippen molar-refractivity contribution in [2.75, 3.05) is 36.0 Å². The Hall–Kier alpha value is -3.24. The maximum Gasteiger partial charge on any atom is 0.433 e. The lowest BCUT2D eigenvalue weighted by atomic mass is 10.3. The molecule has 0 unspecified atom stereocenters. The zero-order valence-corrected chi connectivity index (χ0v) is 15.9. The van der Waals surface area contributed by atoms with E-state index >= 15 is 0 Å². The summed E-state index contributed by atoms with van der Waals surface area (Å²) in [5.41, 5.74) is 0.941. The van der Waals surface area contributed by atoms with Gasteiger partial charge >= 0.3 is 6.18 Å². The molecule has 0 saturated carbocycles. The smallest absolute Gasteiger partial charge is 0.352 e. The van der Waals surface area contributed by atoms with Crippen molar-refractivity contribution in [3.63, 3.8) is 0 Å². The van der Waals surface area contributed by atoms with Crippen LogP contribution in [0.3, 0.4) is 0 Å². The number of aromatic nitrogens is 6. The molecule has 1 fully saturated rings. The molecule has 0 aliphatic carbocycles. The summed E-state index contributed by atoms with van der Waals surface area (Å²) in [4.78, 5) is 11.4. The first-order chi connectivity index (χ1) is 13.8. The van der Waals surface area contributed by atoms with Crippen LogP contribution in [0.15, 0.2) is 30.5 Å². The van der Waals surface area contributed by atoms with Crippen LogP contribution in [-0.2, 0) is 6.18 Å². The van der Waals surface area contributed by atoms with E-state index in [1.165, 1.54) is 0 Å². The fraction of sp³-hybridized carbons (Fsp3) is 0.389. The monoisotopic (exact) mass is 404 g/mol. The van der Waals surface area contributed by atoms with E-state index in [0.29, 0.717) is 37.8 Å². The van der Waals surface area contributed by atoms with E-state index in [1.54, 1.807) is 9.58 Å². The van der Waals surface area contributed by atoms with Crippen LogP contribution < -0.4 is 9.80 Å². The molecule has 4 rings (SSSR count). The number of anilines is 2. The molecule has 3 aromatic rings. The van der Waals surface area contributed by atoms with Crippen LogP contribution in [0.2, 0.25) is 0 Å².